The van der Waals surface area contributed by atoms with Crippen molar-refractivity contribution in [3.05, 3.63) is 36.0 Å². The van der Waals surface area contributed by atoms with Crippen molar-refractivity contribution in [2.45, 2.75) is 24.9 Å². The number of carbonyl (C=O) groups excluding carboxylic acids is 2. The number of aromatic amines is 1. The van der Waals surface area contributed by atoms with Gasteiger partial charge in [-0.15, -0.1) is 11.8 Å². The summed E-state index contributed by atoms with van der Waals surface area (Å²) in [5.74, 6) is 1.29. The Morgan fingerprint density at radius 3 is 2.91 bits per heavy atom. The first-order valence-corrected chi connectivity index (χ1v) is 9.04. The predicted octanol–water partition coefficient (Wildman–Crippen LogP) is 2.30. The average Bonchev–Trinajstić information content (AvgIpc) is 3.11. The summed E-state index contributed by atoms with van der Waals surface area (Å²) in [5.41, 5.74) is 1.61. The Kier molecular flexibility index (Phi) is 3.56. The summed E-state index contributed by atoms with van der Waals surface area (Å²) in [4.78, 5) is 32.4. The Balaban J connectivity index is 1.62. The summed E-state index contributed by atoms with van der Waals surface area (Å²) in [5, 5.41) is 0.913. The minimum Gasteiger partial charge on any atom is -0.361 e. The number of nitrogens with zero attached hydrogens (tertiary/aromatic N) is 2. The van der Waals surface area contributed by atoms with Crippen molar-refractivity contribution < 1.29 is 9.59 Å². The molecule has 23 heavy (non-hydrogen) atoms. The van der Waals surface area contributed by atoms with Gasteiger partial charge in [0.1, 0.15) is 6.04 Å². The van der Waals surface area contributed by atoms with Gasteiger partial charge in [-0.3, -0.25) is 9.59 Å². The first kappa shape index (κ1) is 14.6. The van der Waals surface area contributed by atoms with Gasteiger partial charge in [-0.05, 0) is 31.0 Å². The van der Waals surface area contributed by atoms with Gasteiger partial charge >= 0.3 is 0 Å². The van der Waals surface area contributed by atoms with Crippen molar-refractivity contribution >= 4 is 34.5 Å². The molecule has 2 heterocycles. The van der Waals surface area contributed by atoms with Gasteiger partial charge in [-0.2, -0.15) is 0 Å². The zero-order valence-corrected chi connectivity index (χ0v) is 13.8. The second kappa shape index (κ2) is 5.60. The molecule has 1 aliphatic carbocycles. The van der Waals surface area contributed by atoms with E-state index in [0.29, 0.717) is 23.2 Å². The fourth-order valence-corrected chi connectivity index (χ4v) is 4.30. The van der Waals surface area contributed by atoms with E-state index in [9.17, 15) is 9.59 Å². The lowest BCUT2D eigenvalue weighted by Gasteiger charge is -2.27. The van der Waals surface area contributed by atoms with Crippen LogP contribution in [0.3, 0.4) is 0 Å². The quantitative estimate of drug-likeness (QED) is 0.940. The lowest BCUT2D eigenvalue weighted by Crippen LogP contribution is -2.48. The first-order chi connectivity index (χ1) is 11.2. The van der Waals surface area contributed by atoms with Crippen LogP contribution in [-0.2, 0) is 4.79 Å². The Morgan fingerprint density at radius 1 is 1.30 bits per heavy atom. The standard InChI is InChI=1S/C17H19N3O2S/c1-19(11-5-6-11)17(22)15-9-23-10-20(15)16(21)13-3-2-4-14-12(13)7-8-18-14/h2-4,7-8,11,15,18H,5-6,9-10H2,1H3/t15-/m1/s1. The number of amides is 2. The fraction of sp³-hybridized carbons (Fsp3) is 0.412. The van der Waals surface area contributed by atoms with Crippen LogP contribution in [0.25, 0.3) is 10.9 Å². The Labute approximate surface area is 139 Å². The molecular formula is C17H19N3O2S. The first-order valence-electron chi connectivity index (χ1n) is 7.88. The van der Waals surface area contributed by atoms with Crippen molar-refractivity contribution in [2.24, 2.45) is 0 Å². The molecule has 1 aromatic heterocycles. The molecule has 1 saturated carbocycles. The second-order valence-corrected chi connectivity index (χ2v) is 7.22. The van der Waals surface area contributed by atoms with E-state index in [1.807, 2.05) is 42.4 Å². The second-order valence-electron chi connectivity index (χ2n) is 6.22. The molecule has 1 aliphatic heterocycles. The van der Waals surface area contributed by atoms with E-state index in [-0.39, 0.29) is 17.9 Å². The minimum atomic E-state index is -0.340. The number of hydrogen-bond donors (Lipinski definition) is 1. The molecule has 0 radical (unpaired) electrons. The predicted molar refractivity (Wildman–Crippen MR) is 91.4 cm³/mol. The van der Waals surface area contributed by atoms with Gasteiger partial charge in [0.15, 0.2) is 0 Å². The largest absolute Gasteiger partial charge is 0.361 e. The van der Waals surface area contributed by atoms with E-state index < -0.39 is 0 Å². The Hall–Kier alpha value is -1.95. The van der Waals surface area contributed by atoms with Crippen LogP contribution >= 0.6 is 11.8 Å². The van der Waals surface area contributed by atoms with E-state index in [2.05, 4.69) is 4.98 Å². The Morgan fingerprint density at radius 2 is 2.13 bits per heavy atom. The maximum atomic E-state index is 13.0. The molecule has 6 heteroatoms. The van der Waals surface area contributed by atoms with Crippen molar-refractivity contribution in [2.75, 3.05) is 18.7 Å². The van der Waals surface area contributed by atoms with Crippen LogP contribution in [0.4, 0.5) is 0 Å². The molecule has 2 aromatic rings. The van der Waals surface area contributed by atoms with Crippen molar-refractivity contribution in [1.29, 1.82) is 0 Å². The highest BCUT2D eigenvalue weighted by atomic mass is 32.2. The molecule has 1 aromatic carbocycles. The average molecular weight is 329 g/mol. The number of aromatic nitrogens is 1. The molecule has 0 bridgehead atoms. The third-order valence-corrected chi connectivity index (χ3v) is 5.71. The summed E-state index contributed by atoms with van der Waals surface area (Å²) in [6.45, 7) is 0. The highest BCUT2D eigenvalue weighted by Gasteiger charge is 2.40. The van der Waals surface area contributed by atoms with Gasteiger partial charge in [-0.25, -0.2) is 0 Å². The number of fused-ring (bicyclic) bond motifs is 1. The number of carbonyl (C=O) groups is 2. The molecule has 5 nitrogen and oxygen atoms in total. The molecule has 2 amide bonds. The summed E-state index contributed by atoms with van der Waals surface area (Å²) >= 11 is 1.65. The summed E-state index contributed by atoms with van der Waals surface area (Å²) in [6, 6.07) is 7.62. The van der Waals surface area contributed by atoms with Crippen LogP contribution in [0, 0.1) is 0 Å². The van der Waals surface area contributed by atoms with Gasteiger partial charge < -0.3 is 14.8 Å². The maximum absolute atomic E-state index is 13.0. The number of rotatable bonds is 3. The van der Waals surface area contributed by atoms with Crippen LogP contribution < -0.4 is 0 Å². The summed E-state index contributed by atoms with van der Waals surface area (Å²) in [7, 11) is 1.86. The third kappa shape index (κ3) is 2.51. The number of hydrogen-bond acceptors (Lipinski definition) is 3. The van der Waals surface area contributed by atoms with Gasteiger partial charge in [-0.1, -0.05) is 6.07 Å². The number of nitrogens with one attached hydrogen (secondary N) is 1. The summed E-state index contributed by atoms with van der Waals surface area (Å²) in [6.07, 6.45) is 4.00. The van der Waals surface area contributed by atoms with Crippen LogP contribution in [0.15, 0.2) is 30.5 Å². The smallest absolute Gasteiger partial charge is 0.255 e. The molecule has 1 N–H and O–H groups in total. The number of H-pyrrole nitrogens is 1. The molecular weight excluding hydrogens is 310 g/mol. The van der Waals surface area contributed by atoms with E-state index >= 15 is 0 Å². The van der Waals surface area contributed by atoms with E-state index in [4.69, 9.17) is 0 Å². The lowest BCUT2D eigenvalue weighted by atomic mass is 10.1. The monoisotopic (exact) mass is 329 g/mol. The fourth-order valence-electron chi connectivity index (χ4n) is 3.15. The van der Waals surface area contributed by atoms with E-state index in [1.54, 1.807) is 16.7 Å². The lowest BCUT2D eigenvalue weighted by molar-refractivity contribution is -0.134. The zero-order chi connectivity index (χ0) is 16.0. The van der Waals surface area contributed by atoms with Crippen molar-refractivity contribution in [3.63, 3.8) is 0 Å². The molecule has 0 unspecified atom stereocenters. The van der Waals surface area contributed by atoms with Crippen LogP contribution in [0.5, 0.6) is 0 Å². The Bertz CT molecular complexity index is 768. The minimum absolute atomic E-state index is 0.0530. The third-order valence-electron chi connectivity index (χ3n) is 4.70. The maximum Gasteiger partial charge on any atom is 0.255 e. The molecule has 120 valence electrons. The highest BCUT2D eigenvalue weighted by Crippen LogP contribution is 2.30. The SMILES string of the molecule is CN(C(=O)[C@H]1CSCN1C(=O)c1cccc2[nH]ccc12)C1CC1. The van der Waals surface area contributed by atoms with Gasteiger partial charge in [0.05, 0.1) is 5.88 Å². The van der Waals surface area contributed by atoms with Gasteiger partial charge in [0.25, 0.3) is 5.91 Å². The highest BCUT2D eigenvalue weighted by molar-refractivity contribution is 7.99. The van der Waals surface area contributed by atoms with Crippen LogP contribution in [-0.4, -0.2) is 57.4 Å². The topological polar surface area (TPSA) is 56.4 Å². The van der Waals surface area contributed by atoms with Crippen molar-refractivity contribution in [3.8, 4) is 0 Å². The molecule has 0 spiro atoms. The van der Waals surface area contributed by atoms with Crippen LogP contribution in [0.1, 0.15) is 23.2 Å². The number of thioether (sulfide) groups is 1. The van der Waals surface area contributed by atoms with E-state index in [0.717, 1.165) is 23.7 Å². The van der Waals surface area contributed by atoms with Crippen LogP contribution in [0.2, 0.25) is 0 Å². The van der Waals surface area contributed by atoms with Gasteiger partial charge in [0, 0.05) is 41.5 Å². The number of benzene rings is 1. The van der Waals surface area contributed by atoms with Gasteiger partial charge in [0.2, 0.25) is 5.91 Å². The normalized spacial score (nSPS) is 20.9. The molecule has 1 saturated heterocycles. The zero-order valence-electron chi connectivity index (χ0n) is 13.0. The molecule has 2 fully saturated rings. The van der Waals surface area contributed by atoms with E-state index in [1.165, 1.54) is 0 Å². The molecule has 4 rings (SSSR count). The molecule has 1 atom stereocenters. The number of likely N-dealkylation sites (N-methyl/N-ethyl adjacent to an activating group) is 1. The summed E-state index contributed by atoms with van der Waals surface area (Å²) < 4.78 is 0. The van der Waals surface area contributed by atoms with Crippen molar-refractivity contribution in [1.82, 2.24) is 14.8 Å². The molecule has 2 aliphatic rings.